The van der Waals surface area contributed by atoms with E-state index in [4.69, 9.17) is 4.74 Å². The molecule has 0 amide bonds. The minimum absolute atomic E-state index is 0.677. The van der Waals surface area contributed by atoms with Crippen LogP contribution in [0.4, 0.5) is 0 Å². The van der Waals surface area contributed by atoms with E-state index in [0.29, 0.717) is 12.5 Å². The molecule has 2 aromatic heterocycles. The summed E-state index contributed by atoms with van der Waals surface area (Å²) in [6, 6.07) is 9.57. The molecular weight excluding hydrogens is 200 g/mol. The predicted molar refractivity (Wildman–Crippen MR) is 64.4 cm³/mol. The lowest BCUT2D eigenvalue weighted by Crippen LogP contribution is -1.93. The fraction of sp³-hybridized carbons (Fsp3) is 0.231. The Hall–Kier alpha value is -1.90. The number of hydrogen-bond donors (Lipinski definition) is 0. The minimum atomic E-state index is 0.677. The Morgan fingerprint density at radius 1 is 1.12 bits per heavy atom. The molecule has 3 heteroatoms. The third-order valence-corrected chi connectivity index (χ3v) is 1.74. The van der Waals surface area contributed by atoms with Crippen LogP contribution in [0.5, 0.6) is 5.88 Å². The van der Waals surface area contributed by atoms with E-state index >= 15 is 0 Å². The summed E-state index contributed by atoms with van der Waals surface area (Å²) in [7, 11) is 0. The molecule has 0 aliphatic rings. The summed E-state index contributed by atoms with van der Waals surface area (Å²) in [5.74, 6) is 0.702. The summed E-state index contributed by atoms with van der Waals surface area (Å²) in [4.78, 5) is 7.83. The monoisotopic (exact) mass is 216 g/mol. The average Bonchev–Trinajstić information content (AvgIpc) is 2.35. The van der Waals surface area contributed by atoms with Crippen molar-refractivity contribution in [3.05, 3.63) is 54.5 Å². The van der Waals surface area contributed by atoms with Crippen molar-refractivity contribution in [2.45, 2.75) is 13.8 Å². The predicted octanol–water partition coefficient (Wildman–Crippen LogP) is 2.87. The molecule has 2 rings (SSSR count). The normalized spacial score (nSPS) is 8.88. The zero-order chi connectivity index (χ0) is 11.6. The lowest BCUT2D eigenvalue weighted by Gasteiger charge is -1.99. The van der Waals surface area contributed by atoms with Gasteiger partial charge in [0.05, 0.1) is 6.61 Å². The Morgan fingerprint density at radius 3 is 2.25 bits per heavy atom. The molecule has 0 aliphatic heterocycles. The van der Waals surface area contributed by atoms with Gasteiger partial charge in [-0.25, -0.2) is 4.98 Å². The van der Waals surface area contributed by atoms with Gasteiger partial charge in [-0.05, 0) is 31.5 Å². The fourth-order valence-electron chi connectivity index (χ4n) is 1.00. The molecule has 0 aromatic carbocycles. The molecule has 0 bridgehead atoms. The van der Waals surface area contributed by atoms with Crippen molar-refractivity contribution in [3.63, 3.8) is 0 Å². The smallest absolute Gasteiger partial charge is 0.213 e. The van der Waals surface area contributed by atoms with Gasteiger partial charge in [0.15, 0.2) is 0 Å². The molecule has 2 aromatic rings. The molecule has 84 valence electrons. The molecule has 0 spiro atoms. The summed E-state index contributed by atoms with van der Waals surface area (Å²) in [5, 5.41) is 0. The first-order valence-corrected chi connectivity index (χ1v) is 5.23. The number of pyridine rings is 2. The number of nitrogens with zero attached hydrogens (tertiary/aromatic N) is 2. The second kappa shape index (κ2) is 7.40. The lowest BCUT2D eigenvalue weighted by atomic mass is 10.3. The summed E-state index contributed by atoms with van der Waals surface area (Å²) < 4.78 is 5.15. The number of rotatable bonds is 2. The summed E-state index contributed by atoms with van der Waals surface area (Å²) in [6.45, 7) is 4.63. The van der Waals surface area contributed by atoms with E-state index in [9.17, 15) is 0 Å². The zero-order valence-corrected chi connectivity index (χ0v) is 9.63. The van der Waals surface area contributed by atoms with Crippen LogP contribution in [0.3, 0.4) is 0 Å². The van der Waals surface area contributed by atoms with E-state index in [2.05, 4.69) is 9.97 Å². The highest BCUT2D eigenvalue weighted by molar-refractivity contribution is 5.15. The number of ether oxygens (including phenoxy) is 1. The van der Waals surface area contributed by atoms with Gasteiger partial charge < -0.3 is 4.74 Å². The van der Waals surface area contributed by atoms with E-state index in [1.807, 2.05) is 44.2 Å². The first-order valence-electron chi connectivity index (χ1n) is 5.23. The van der Waals surface area contributed by atoms with Crippen molar-refractivity contribution < 1.29 is 4.74 Å². The molecule has 0 radical (unpaired) electrons. The number of hydrogen-bond acceptors (Lipinski definition) is 3. The summed E-state index contributed by atoms with van der Waals surface area (Å²) in [5.41, 5.74) is 1.16. The molecule has 0 fully saturated rings. The van der Waals surface area contributed by atoms with Gasteiger partial charge in [-0.1, -0.05) is 12.1 Å². The topological polar surface area (TPSA) is 35.0 Å². The van der Waals surface area contributed by atoms with Gasteiger partial charge in [-0.3, -0.25) is 4.98 Å². The third kappa shape index (κ3) is 5.10. The van der Waals surface area contributed by atoms with Gasteiger partial charge in [0, 0.05) is 24.7 Å². The Kier molecular flexibility index (Phi) is 5.63. The standard InChI is InChI=1S/C8H11NO.C5H5N/c1-3-10-8-5-4-7(2)6-9-8;1-2-4-6-5-3-1/h4-6H,3H2,1-2H3;1-5H. The van der Waals surface area contributed by atoms with Crippen LogP contribution >= 0.6 is 0 Å². The zero-order valence-electron chi connectivity index (χ0n) is 9.63. The molecule has 0 aliphatic carbocycles. The molecule has 16 heavy (non-hydrogen) atoms. The van der Waals surface area contributed by atoms with Crippen LogP contribution in [0.15, 0.2) is 48.9 Å². The van der Waals surface area contributed by atoms with Crippen LogP contribution in [0.2, 0.25) is 0 Å². The number of aromatic nitrogens is 2. The molecule has 0 atom stereocenters. The molecule has 3 nitrogen and oxygen atoms in total. The first kappa shape index (κ1) is 12.2. The molecule has 0 saturated carbocycles. The SMILES string of the molecule is CCOc1ccc(C)cn1.c1ccncc1. The maximum absolute atomic E-state index is 5.15. The molecule has 0 unspecified atom stereocenters. The van der Waals surface area contributed by atoms with E-state index in [-0.39, 0.29) is 0 Å². The van der Waals surface area contributed by atoms with Gasteiger partial charge in [0.25, 0.3) is 0 Å². The third-order valence-electron chi connectivity index (χ3n) is 1.74. The van der Waals surface area contributed by atoms with Gasteiger partial charge in [-0.15, -0.1) is 0 Å². The average molecular weight is 216 g/mol. The van der Waals surface area contributed by atoms with Gasteiger partial charge in [0.1, 0.15) is 0 Å². The summed E-state index contributed by atoms with van der Waals surface area (Å²) in [6.07, 6.45) is 5.30. The highest BCUT2D eigenvalue weighted by atomic mass is 16.5. The van der Waals surface area contributed by atoms with Crippen molar-refractivity contribution >= 4 is 0 Å². The lowest BCUT2D eigenvalue weighted by molar-refractivity contribution is 0.327. The maximum atomic E-state index is 5.15. The highest BCUT2D eigenvalue weighted by Gasteiger charge is 1.89. The van der Waals surface area contributed by atoms with Crippen LogP contribution in [0.25, 0.3) is 0 Å². The van der Waals surface area contributed by atoms with Crippen molar-refractivity contribution in [2.75, 3.05) is 6.61 Å². The summed E-state index contributed by atoms with van der Waals surface area (Å²) >= 11 is 0. The molecule has 0 N–H and O–H groups in total. The maximum Gasteiger partial charge on any atom is 0.213 e. The molecular formula is C13H16N2O. The van der Waals surface area contributed by atoms with Crippen LogP contribution in [-0.4, -0.2) is 16.6 Å². The van der Waals surface area contributed by atoms with Crippen molar-refractivity contribution in [3.8, 4) is 5.88 Å². The van der Waals surface area contributed by atoms with Crippen molar-refractivity contribution in [1.82, 2.24) is 9.97 Å². The van der Waals surface area contributed by atoms with Gasteiger partial charge in [-0.2, -0.15) is 0 Å². The van der Waals surface area contributed by atoms with E-state index in [1.54, 1.807) is 18.6 Å². The number of aryl methyl sites for hydroxylation is 1. The van der Waals surface area contributed by atoms with E-state index < -0.39 is 0 Å². The van der Waals surface area contributed by atoms with Crippen LogP contribution < -0.4 is 4.74 Å². The first-order chi connectivity index (χ1) is 7.83. The quantitative estimate of drug-likeness (QED) is 0.774. The Balaban J connectivity index is 0.000000181. The van der Waals surface area contributed by atoms with Crippen molar-refractivity contribution in [1.29, 1.82) is 0 Å². The van der Waals surface area contributed by atoms with Crippen LogP contribution in [0, 0.1) is 6.92 Å². The Bertz CT molecular complexity index is 346. The second-order valence-corrected chi connectivity index (χ2v) is 3.13. The molecule has 2 heterocycles. The van der Waals surface area contributed by atoms with Gasteiger partial charge >= 0.3 is 0 Å². The van der Waals surface area contributed by atoms with Crippen LogP contribution in [-0.2, 0) is 0 Å². The minimum Gasteiger partial charge on any atom is -0.478 e. The Labute approximate surface area is 96.1 Å². The second-order valence-electron chi connectivity index (χ2n) is 3.13. The van der Waals surface area contributed by atoms with E-state index in [1.165, 1.54) is 0 Å². The highest BCUT2D eigenvalue weighted by Crippen LogP contribution is 2.05. The van der Waals surface area contributed by atoms with E-state index in [0.717, 1.165) is 5.56 Å². The van der Waals surface area contributed by atoms with Gasteiger partial charge in [0.2, 0.25) is 5.88 Å². The van der Waals surface area contributed by atoms with Crippen LogP contribution in [0.1, 0.15) is 12.5 Å². The molecule has 0 saturated heterocycles. The Morgan fingerprint density at radius 2 is 1.88 bits per heavy atom. The van der Waals surface area contributed by atoms with Crippen molar-refractivity contribution in [2.24, 2.45) is 0 Å². The fourth-order valence-corrected chi connectivity index (χ4v) is 1.00. The largest absolute Gasteiger partial charge is 0.478 e.